The molecule has 0 radical (unpaired) electrons. The van der Waals surface area contributed by atoms with Gasteiger partial charge in [-0.2, -0.15) is 0 Å². The molecule has 0 saturated carbocycles. The van der Waals surface area contributed by atoms with Gasteiger partial charge in [-0.25, -0.2) is 9.97 Å². The molecule has 0 atom stereocenters. The molecule has 0 aliphatic rings. The van der Waals surface area contributed by atoms with E-state index in [1.54, 1.807) is 11.9 Å². The Bertz CT molecular complexity index is 447. The van der Waals surface area contributed by atoms with E-state index in [9.17, 15) is 4.79 Å². The summed E-state index contributed by atoms with van der Waals surface area (Å²) in [4.78, 5) is 22.1. The van der Waals surface area contributed by atoms with Crippen molar-refractivity contribution in [1.29, 1.82) is 0 Å². The molecule has 20 heavy (non-hydrogen) atoms. The predicted molar refractivity (Wildman–Crippen MR) is 82.1 cm³/mol. The highest BCUT2D eigenvalue weighted by molar-refractivity contribution is 5.80. The molecule has 1 amide bonds. The van der Waals surface area contributed by atoms with E-state index in [0.717, 1.165) is 23.7 Å². The van der Waals surface area contributed by atoms with Crippen LogP contribution < -0.4 is 10.6 Å². The summed E-state index contributed by atoms with van der Waals surface area (Å²) in [6, 6.07) is 0. The van der Waals surface area contributed by atoms with E-state index < -0.39 is 0 Å². The van der Waals surface area contributed by atoms with Gasteiger partial charge in [0.2, 0.25) is 5.91 Å². The van der Waals surface area contributed by atoms with Gasteiger partial charge in [-0.3, -0.25) is 4.79 Å². The number of nitrogens with zero attached hydrogens (tertiary/aromatic N) is 3. The van der Waals surface area contributed by atoms with Crippen LogP contribution in [0.5, 0.6) is 0 Å². The molecule has 0 aromatic carbocycles. The fourth-order valence-electron chi connectivity index (χ4n) is 1.86. The molecule has 0 aliphatic heterocycles. The van der Waals surface area contributed by atoms with Gasteiger partial charge in [0.1, 0.15) is 18.0 Å². The number of aromatic nitrogens is 2. The fourth-order valence-corrected chi connectivity index (χ4v) is 1.86. The normalized spacial score (nSPS) is 10.5. The van der Waals surface area contributed by atoms with Gasteiger partial charge in [0.25, 0.3) is 0 Å². The molecular formula is C14H25N5O. The zero-order chi connectivity index (χ0) is 15.1. The van der Waals surface area contributed by atoms with E-state index in [4.69, 9.17) is 0 Å². The van der Waals surface area contributed by atoms with Crippen molar-refractivity contribution in [1.82, 2.24) is 14.9 Å². The average molecular weight is 279 g/mol. The zero-order valence-corrected chi connectivity index (χ0v) is 13.0. The zero-order valence-electron chi connectivity index (χ0n) is 13.0. The number of carbonyl (C=O) groups excluding carboxylic acids is 1. The number of amides is 1. The van der Waals surface area contributed by atoms with Crippen molar-refractivity contribution < 1.29 is 4.79 Å². The summed E-state index contributed by atoms with van der Waals surface area (Å²) in [7, 11) is 1.79. The van der Waals surface area contributed by atoms with Crippen LogP contribution in [-0.2, 0) is 4.79 Å². The smallest absolute Gasteiger partial charge is 0.241 e. The van der Waals surface area contributed by atoms with Crippen LogP contribution >= 0.6 is 0 Å². The second-order valence-electron chi connectivity index (χ2n) is 4.93. The van der Waals surface area contributed by atoms with E-state index in [0.29, 0.717) is 6.54 Å². The first kappa shape index (κ1) is 16.2. The van der Waals surface area contributed by atoms with E-state index >= 15 is 0 Å². The van der Waals surface area contributed by atoms with Crippen LogP contribution in [0.1, 0.15) is 39.2 Å². The SMILES string of the molecule is CCNc1ncnc(NCC(=O)N(C)CC)c1C(C)C. The molecular weight excluding hydrogens is 254 g/mol. The third-order valence-electron chi connectivity index (χ3n) is 3.11. The summed E-state index contributed by atoms with van der Waals surface area (Å²) >= 11 is 0. The Morgan fingerprint density at radius 1 is 1.25 bits per heavy atom. The first-order valence-corrected chi connectivity index (χ1v) is 7.07. The summed E-state index contributed by atoms with van der Waals surface area (Å²) < 4.78 is 0. The van der Waals surface area contributed by atoms with E-state index in [1.807, 2.05) is 13.8 Å². The molecule has 0 unspecified atom stereocenters. The third kappa shape index (κ3) is 4.08. The molecule has 0 fully saturated rings. The molecule has 0 saturated heterocycles. The minimum atomic E-state index is 0.0471. The largest absolute Gasteiger partial charge is 0.370 e. The Morgan fingerprint density at radius 2 is 1.85 bits per heavy atom. The maximum Gasteiger partial charge on any atom is 0.241 e. The number of rotatable bonds is 7. The van der Waals surface area contributed by atoms with Crippen LogP contribution in [0.25, 0.3) is 0 Å². The molecule has 6 nitrogen and oxygen atoms in total. The summed E-state index contributed by atoms with van der Waals surface area (Å²) in [5.41, 5.74) is 1.02. The first-order valence-electron chi connectivity index (χ1n) is 7.07. The first-order chi connectivity index (χ1) is 9.51. The van der Waals surface area contributed by atoms with E-state index in [1.165, 1.54) is 6.33 Å². The summed E-state index contributed by atoms with van der Waals surface area (Å²) in [5, 5.41) is 6.36. The molecule has 2 N–H and O–H groups in total. The quantitative estimate of drug-likeness (QED) is 0.798. The lowest BCUT2D eigenvalue weighted by molar-refractivity contribution is -0.127. The molecule has 1 rings (SSSR count). The monoisotopic (exact) mass is 279 g/mol. The number of carbonyl (C=O) groups is 1. The van der Waals surface area contributed by atoms with E-state index in [-0.39, 0.29) is 18.4 Å². The highest BCUT2D eigenvalue weighted by Crippen LogP contribution is 2.27. The van der Waals surface area contributed by atoms with Crippen LogP contribution in [0.4, 0.5) is 11.6 Å². The molecule has 0 aliphatic carbocycles. The van der Waals surface area contributed by atoms with Crippen molar-refractivity contribution in [3.8, 4) is 0 Å². The third-order valence-corrected chi connectivity index (χ3v) is 3.11. The molecule has 0 spiro atoms. The van der Waals surface area contributed by atoms with Crippen molar-refractivity contribution in [2.45, 2.75) is 33.6 Å². The van der Waals surface area contributed by atoms with Gasteiger partial charge in [0.05, 0.1) is 6.54 Å². The molecule has 6 heteroatoms. The van der Waals surface area contributed by atoms with Gasteiger partial charge in [0.15, 0.2) is 0 Å². The number of nitrogens with one attached hydrogen (secondary N) is 2. The van der Waals surface area contributed by atoms with Crippen molar-refractivity contribution in [2.24, 2.45) is 0 Å². The van der Waals surface area contributed by atoms with Gasteiger partial charge >= 0.3 is 0 Å². The highest BCUT2D eigenvalue weighted by Gasteiger charge is 2.15. The van der Waals surface area contributed by atoms with Crippen molar-refractivity contribution in [2.75, 3.05) is 37.3 Å². The number of hydrogen-bond acceptors (Lipinski definition) is 5. The van der Waals surface area contributed by atoms with Gasteiger partial charge < -0.3 is 15.5 Å². The second kappa shape index (κ2) is 7.67. The lowest BCUT2D eigenvalue weighted by Crippen LogP contribution is -2.32. The van der Waals surface area contributed by atoms with Crippen LogP contribution in [-0.4, -0.2) is 47.5 Å². The molecule has 1 aromatic heterocycles. The summed E-state index contributed by atoms with van der Waals surface area (Å²) in [6.07, 6.45) is 1.51. The standard InChI is InChI=1S/C14H25N5O/c1-6-15-13-12(10(3)4)14(18-9-17-13)16-8-11(20)19(5)7-2/h9-10H,6-8H2,1-5H3,(H2,15,16,17,18). The van der Waals surface area contributed by atoms with Crippen molar-refractivity contribution in [3.63, 3.8) is 0 Å². The number of likely N-dealkylation sites (N-methyl/N-ethyl adjacent to an activating group) is 1. The van der Waals surface area contributed by atoms with Crippen LogP contribution in [0.15, 0.2) is 6.33 Å². The summed E-state index contributed by atoms with van der Waals surface area (Å²) in [5.74, 6) is 1.87. The number of hydrogen-bond donors (Lipinski definition) is 2. The van der Waals surface area contributed by atoms with Crippen LogP contribution in [0.3, 0.4) is 0 Å². The van der Waals surface area contributed by atoms with Gasteiger partial charge in [0, 0.05) is 25.7 Å². The number of anilines is 2. The lowest BCUT2D eigenvalue weighted by atomic mass is 10.0. The lowest BCUT2D eigenvalue weighted by Gasteiger charge is -2.19. The fraction of sp³-hybridized carbons (Fsp3) is 0.643. The Kier molecular flexibility index (Phi) is 6.21. The topological polar surface area (TPSA) is 70.1 Å². The summed E-state index contributed by atoms with van der Waals surface area (Å²) in [6.45, 7) is 9.89. The molecule has 1 aromatic rings. The van der Waals surface area contributed by atoms with Crippen LogP contribution in [0.2, 0.25) is 0 Å². The Labute approximate surface area is 121 Å². The molecule has 0 bridgehead atoms. The average Bonchev–Trinajstić information content (AvgIpc) is 2.43. The minimum absolute atomic E-state index is 0.0471. The van der Waals surface area contributed by atoms with Gasteiger partial charge in [-0.05, 0) is 19.8 Å². The predicted octanol–water partition coefficient (Wildman–Crippen LogP) is 1.92. The van der Waals surface area contributed by atoms with E-state index in [2.05, 4.69) is 34.4 Å². The van der Waals surface area contributed by atoms with Gasteiger partial charge in [-0.1, -0.05) is 13.8 Å². The van der Waals surface area contributed by atoms with Crippen molar-refractivity contribution in [3.05, 3.63) is 11.9 Å². The Balaban J connectivity index is 2.89. The molecule has 1 heterocycles. The highest BCUT2D eigenvalue weighted by atomic mass is 16.2. The second-order valence-corrected chi connectivity index (χ2v) is 4.93. The molecule has 112 valence electrons. The van der Waals surface area contributed by atoms with Crippen molar-refractivity contribution >= 4 is 17.5 Å². The maximum absolute atomic E-state index is 11.8. The minimum Gasteiger partial charge on any atom is -0.370 e. The van der Waals surface area contributed by atoms with Gasteiger partial charge in [-0.15, -0.1) is 0 Å². The maximum atomic E-state index is 11.8. The Hall–Kier alpha value is -1.85. The van der Waals surface area contributed by atoms with Crippen LogP contribution in [0, 0.1) is 0 Å². The Morgan fingerprint density at radius 3 is 2.35 bits per heavy atom.